The second kappa shape index (κ2) is 14.1. The summed E-state index contributed by atoms with van der Waals surface area (Å²) in [4.78, 5) is 0. The Morgan fingerprint density at radius 2 is 0.425 bits per heavy atom. The van der Waals surface area contributed by atoms with Crippen LogP contribution in [0.2, 0.25) is 0 Å². The van der Waals surface area contributed by atoms with Gasteiger partial charge in [-0.1, -0.05) is 194 Å². The lowest BCUT2D eigenvalue weighted by atomic mass is 10.1. The van der Waals surface area contributed by atoms with Crippen molar-refractivity contribution in [2.24, 2.45) is 0 Å². The highest BCUT2D eigenvalue weighted by atomic mass is 13.9. The molecule has 0 unspecified atom stereocenters. The molecule has 0 nitrogen and oxygen atoms in total. The zero-order valence-electron chi connectivity index (χ0n) is 29.9. The molecule has 0 aliphatic heterocycles. The average molecular weight is 521 g/mol. The Morgan fingerprint density at radius 3 is 0.650 bits per heavy atom. The molecule has 0 heterocycles. The topological polar surface area (TPSA) is 0 Å². The summed E-state index contributed by atoms with van der Waals surface area (Å²) in [7, 11) is 0. The summed E-state index contributed by atoms with van der Waals surface area (Å²) in [5, 5.41) is 7.51. The first-order valence-corrected chi connectivity index (χ1v) is 12.9. The van der Waals surface area contributed by atoms with Gasteiger partial charge in [-0.2, -0.15) is 0 Å². The fourth-order valence-corrected chi connectivity index (χ4v) is 4.03. The van der Waals surface area contributed by atoms with E-state index in [2.05, 4.69) is 97.1 Å². The fourth-order valence-electron chi connectivity index (χ4n) is 4.03. The van der Waals surface area contributed by atoms with Crippen LogP contribution in [-0.2, 0) is 0 Å². The molecule has 0 fully saturated rings. The molecule has 40 heavy (non-hydrogen) atoms. The van der Waals surface area contributed by atoms with Gasteiger partial charge in [0.2, 0.25) is 0 Å². The number of hydrogen-bond donors (Lipinski definition) is 0. The summed E-state index contributed by atoms with van der Waals surface area (Å²) >= 11 is 0. The summed E-state index contributed by atoms with van der Waals surface area (Å²) in [6.45, 7) is 0. The highest BCUT2D eigenvalue weighted by Gasteiger charge is 1.87. The normalized spacial score (nSPS) is 12.8. The van der Waals surface area contributed by atoms with Gasteiger partial charge in [-0.25, -0.2) is 0 Å². The lowest BCUT2D eigenvalue weighted by molar-refractivity contribution is 1.75. The van der Waals surface area contributed by atoms with Crippen molar-refractivity contribution in [3.63, 3.8) is 0 Å². The van der Waals surface area contributed by atoms with Gasteiger partial charge in [-0.15, -0.1) is 0 Å². The molecule has 8 aromatic carbocycles. The van der Waals surface area contributed by atoms with E-state index in [1.54, 1.807) is 24.3 Å². The SMILES string of the molecule is [2H]c1cc2cc([2H])c([2H])cc2cc1[2H].[2H]c1ccc([2H])c2c([2H])ccc([2H])c12.c1ccc2ccccc2c1.c1ccc2ccccc2c1. The highest BCUT2D eigenvalue weighted by molar-refractivity contribution is 5.84. The zero-order valence-corrected chi connectivity index (χ0v) is 21.9. The van der Waals surface area contributed by atoms with E-state index in [1.165, 1.54) is 45.8 Å². The van der Waals surface area contributed by atoms with Crippen molar-refractivity contribution in [1.29, 1.82) is 0 Å². The lowest BCUT2D eigenvalue weighted by Crippen LogP contribution is -1.67. The molecule has 0 bridgehead atoms. The van der Waals surface area contributed by atoms with E-state index in [9.17, 15) is 0 Å². The maximum atomic E-state index is 7.61. The molecule has 0 spiro atoms. The molecule has 0 saturated heterocycles. The Bertz CT molecular complexity index is 1970. The van der Waals surface area contributed by atoms with Gasteiger partial charge in [0.25, 0.3) is 0 Å². The fraction of sp³-hybridized carbons (Fsp3) is 0. The molecule has 0 atom stereocenters. The van der Waals surface area contributed by atoms with Crippen molar-refractivity contribution in [2.45, 2.75) is 0 Å². The molecule has 0 N–H and O–H groups in total. The van der Waals surface area contributed by atoms with Crippen molar-refractivity contribution in [3.05, 3.63) is 194 Å². The van der Waals surface area contributed by atoms with E-state index < -0.39 is 0 Å². The predicted octanol–water partition coefficient (Wildman–Crippen LogP) is 11.4. The quantitative estimate of drug-likeness (QED) is 0.186. The van der Waals surface area contributed by atoms with E-state index in [-0.39, 0.29) is 48.3 Å². The molecule has 8 aromatic rings. The van der Waals surface area contributed by atoms with E-state index in [1.807, 2.05) is 0 Å². The van der Waals surface area contributed by atoms with Gasteiger partial charge in [-0.3, -0.25) is 0 Å². The second-order valence-corrected chi connectivity index (χ2v) is 8.75. The Balaban J connectivity index is 0.000000127. The van der Waals surface area contributed by atoms with Crippen molar-refractivity contribution in [2.75, 3.05) is 0 Å². The molecular formula is C40H32. The van der Waals surface area contributed by atoms with Crippen LogP contribution in [0, 0.1) is 0 Å². The lowest BCUT2D eigenvalue weighted by Gasteiger charge is -1.92. The molecule has 0 aliphatic rings. The van der Waals surface area contributed by atoms with Gasteiger partial charge in [0, 0.05) is 0 Å². The molecule has 0 heteroatoms. The first-order valence-electron chi connectivity index (χ1n) is 16.9. The third-order valence-electron chi connectivity index (χ3n) is 6.06. The summed E-state index contributed by atoms with van der Waals surface area (Å²) in [5.74, 6) is 0. The Kier molecular flexibility index (Phi) is 6.39. The van der Waals surface area contributed by atoms with Crippen molar-refractivity contribution in [1.82, 2.24) is 0 Å². The largest absolute Gasteiger partial charge is 0.0629 e. The Hall–Kier alpha value is -5.20. The van der Waals surface area contributed by atoms with Gasteiger partial charge in [0.1, 0.15) is 0 Å². The van der Waals surface area contributed by atoms with Crippen LogP contribution in [0.5, 0.6) is 0 Å². The molecule has 0 aromatic heterocycles. The van der Waals surface area contributed by atoms with Crippen molar-refractivity contribution < 1.29 is 11.0 Å². The Labute approximate surface area is 248 Å². The van der Waals surface area contributed by atoms with Gasteiger partial charge in [-0.05, 0) is 43.1 Å². The monoisotopic (exact) mass is 520 g/mol. The maximum Gasteiger partial charge on any atom is 0.0629 e. The molecule has 8 rings (SSSR count). The average Bonchev–Trinajstić information content (AvgIpc) is 3.10. The zero-order chi connectivity index (χ0) is 34.2. The summed E-state index contributed by atoms with van der Waals surface area (Å²) < 4.78 is 60.2. The maximum absolute atomic E-state index is 7.61. The standard InChI is InChI=1S/4C10H8/c4*1-2-6-10-8-4-3-7-9(10)5-1/h4*1-8H/i5D,6D,7D,8D;1D,2D,3D,4D;;. The van der Waals surface area contributed by atoms with Gasteiger partial charge >= 0.3 is 0 Å². The first-order chi connectivity index (χ1) is 23.1. The Morgan fingerprint density at radius 1 is 0.225 bits per heavy atom. The van der Waals surface area contributed by atoms with Crippen LogP contribution >= 0.6 is 0 Å². The van der Waals surface area contributed by atoms with Crippen LogP contribution in [0.25, 0.3) is 43.1 Å². The van der Waals surface area contributed by atoms with Gasteiger partial charge in [0.05, 0.1) is 11.0 Å². The highest BCUT2D eigenvalue weighted by Crippen LogP contribution is 2.13. The van der Waals surface area contributed by atoms with Crippen LogP contribution < -0.4 is 0 Å². The van der Waals surface area contributed by atoms with E-state index in [0.717, 1.165) is 10.8 Å². The predicted molar refractivity (Wildman–Crippen MR) is 176 cm³/mol. The molecule has 0 aliphatic carbocycles. The number of benzene rings is 8. The first kappa shape index (κ1) is 18.2. The van der Waals surface area contributed by atoms with Crippen LogP contribution in [-0.4, -0.2) is 0 Å². The second-order valence-electron chi connectivity index (χ2n) is 8.75. The van der Waals surface area contributed by atoms with Gasteiger partial charge < -0.3 is 0 Å². The van der Waals surface area contributed by atoms with E-state index in [4.69, 9.17) is 11.0 Å². The van der Waals surface area contributed by atoms with Crippen LogP contribution in [0.3, 0.4) is 0 Å². The third-order valence-corrected chi connectivity index (χ3v) is 6.06. The van der Waals surface area contributed by atoms with Crippen LogP contribution in [0.1, 0.15) is 11.0 Å². The smallest absolute Gasteiger partial charge is 0.0616 e. The molecule has 192 valence electrons. The summed E-state index contributed by atoms with van der Waals surface area (Å²) in [6, 6.07) is 47.0. The number of hydrogen-bond acceptors (Lipinski definition) is 0. The minimum atomic E-state index is 0.148. The summed E-state index contributed by atoms with van der Waals surface area (Å²) in [6.07, 6.45) is 0. The number of rotatable bonds is 0. The molecule has 0 saturated carbocycles. The van der Waals surface area contributed by atoms with Crippen molar-refractivity contribution in [3.8, 4) is 0 Å². The van der Waals surface area contributed by atoms with E-state index >= 15 is 0 Å². The minimum Gasteiger partial charge on any atom is -0.0616 e. The van der Waals surface area contributed by atoms with Crippen LogP contribution in [0.15, 0.2) is 194 Å². The minimum absolute atomic E-state index is 0.148. The third kappa shape index (κ3) is 7.43. The molecular weight excluding hydrogens is 480 g/mol. The summed E-state index contributed by atoms with van der Waals surface area (Å²) in [5.41, 5.74) is 0. The molecule has 0 amide bonds. The van der Waals surface area contributed by atoms with E-state index in [0.29, 0.717) is 10.8 Å². The van der Waals surface area contributed by atoms with Gasteiger partial charge in [0.15, 0.2) is 0 Å². The van der Waals surface area contributed by atoms with Crippen molar-refractivity contribution >= 4 is 43.1 Å². The number of fused-ring (bicyclic) bond motifs is 4. The molecule has 0 radical (unpaired) electrons. The van der Waals surface area contributed by atoms with Crippen LogP contribution in [0.4, 0.5) is 0 Å².